The molecule has 0 aromatic heterocycles. The number of rotatable bonds is 6. The fourth-order valence-corrected chi connectivity index (χ4v) is 2.36. The molecule has 1 amide bonds. The van der Waals surface area contributed by atoms with Crippen LogP contribution < -0.4 is 5.32 Å². The number of hydrogen-bond acceptors (Lipinski definition) is 2. The number of halogens is 2. The van der Waals surface area contributed by atoms with Crippen LogP contribution in [0, 0.1) is 9.39 Å². The first-order chi connectivity index (χ1) is 8.58. The molecule has 0 aliphatic carbocycles. The van der Waals surface area contributed by atoms with Gasteiger partial charge in [0.1, 0.15) is 5.82 Å². The molecule has 1 aromatic carbocycles. The second kappa shape index (κ2) is 7.68. The molecule has 0 saturated carbocycles. The quantitative estimate of drug-likeness (QED) is 0.787. The lowest BCUT2D eigenvalue weighted by molar-refractivity contribution is 0.0948. The Morgan fingerprint density at radius 3 is 2.61 bits per heavy atom. The molecule has 3 nitrogen and oxygen atoms in total. The van der Waals surface area contributed by atoms with Gasteiger partial charge in [0.15, 0.2) is 0 Å². The lowest BCUT2D eigenvalue weighted by Crippen LogP contribution is -2.35. The number of hydrogen-bond donors (Lipinski definition) is 1. The van der Waals surface area contributed by atoms with Crippen LogP contribution in [-0.4, -0.2) is 37.0 Å². The smallest absolute Gasteiger partial charge is 0.252 e. The van der Waals surface area contributed by atoms with Gasteiger partial charge in [0.2, 0.25) is 0 Å². The molecule has 0 bridgehead atoms. The van der Waals surface area contributed by atoms with Crippen LogP contribution in [-0.2, 0) is 0 Å². The molecule has 0 fully saturated rings. The highest BCUT2D eigenvalue weighted by molar-refractivity contribution is 14.1. The summed E-state index contributed by atoms with van der Waals surface area (Å²) in [5, 5.41) is 2.85. The van der Waals surface area contributed by atoms with Gasteiger partial charge in [-0.1, -0.05) is 13.8 Å². The van der Waals surface area contributed by atoms with Crippen molar-refractivity contribution in [2.75, 3.05) is 26.2 Å². The molecule has 0 aliphatic heterocycles. The predicted octanol–water partition coefficient (Wildman–Crippen LogP) is 2.50. The van der Waals surface area contributed by atoms with Gasteiger partial charge in [-0.3, -0.25) is 4.79 Å². The Balaban J connectivity index is 2.50. The topological polar surface area (TPSA) is 32.3 Å². The number of nitrogens with zero attached hydrogens (tertiary/aromatic N) is 1. The Hall–Kier alpha value is -0.690. The van der Waals surface area contributed by atoms with Crippen LogP contribution in [0.4, 0.5) is 4.39 Å². The first-order valence-electron chi connectivity index (χ1n) is 6.04. The van der Waals surface area contributed by atoms with Gasteiger partial charge in [-0.15, -0.1) is 0 Å². The Labute approximate surface area is 121 Å². The van der Waals surface area contributed by atoms with E-state index in [9.17, 15) is 9.18 Å². The monoisotopic (exact) mass is 364 g/mol. The molecule has 0 radical (unpaired) electrons. The van der Waals surface area contributed by atoms with E-state index in [4.69, 9.17) is 0 Å². The van der Waals surface area contributed by atoms with E-state index in [1.807, 2.05) is 22.6 Å². The highest BCUT2D eigenvalue weighted by atomic mass is 127. The summed E-state index contributed by atoms with van der Waals surface area (Å²) in [7, 11) is 0. The summed E-state index contributed by atoms with van der Waals surface area (Å²) in [5.74, 6) is -0.467. The molecule has 18 heavy (non-hydrogen) atoms. The lowest BCUT2D eigenvalue weighted by Gasteiger charge is -2.18. The molecule has 0 unspecified atom stereocenters. The minimum atomic E-state index is -0.320. The molecule has 0 saturated heterocycles. The molecule has 100 valence electrons. The molecular formula is C13H18FIN2O. The van der Waals surface area contributed by atoms with Gasteiger partial charge in [-0.05, 0) is 53.9 Å². The summed E-state index contributed by atoms with van der Waals surface area (Å²) in [6, 6.07) is 4.19. The normalized spacial score (nSPS) is 10.7. The van der Waals surface area contributed by atoms with E-state index >= 15 is 0 Å². The number of likely N-dealkylation sites (N-methyl/N-ethyl adjacent to an activating group) is 1. The molecular weight excluding hydrogens is 346 g/mol. The second-order valence-corrected chi connectivity index (χ2v) is 5.07. The summed E-state index contributed by atoms with van der Waals surface area (Å²) in [4.78, 5) is 14.1. The van der Waals surface area contributed by atoms with Gasteiger partial charge in [-0.25, -0.2) is 4.39 Å². The average molecular weight is 364 g/mol. The molecule has 1 rings (SSSR count). The zero-order valence-electron chi connectivity index (χ0n) is 10.7. The first kappa shape index (κ1) is 15.4. The van der Waals surface area contributed by atoms with Crippen LogP contribution in [0.3, 0.4) is 0 Å². The van der Waals surface area contributed by atoms with E-state index in [-0.39, 0.29) is 11.7 Å². The molecule has 0 atom stereocenters. The van der Waals surface area contributed by atoms with Crippen molar-refractivity contribution in [1.82, 2.24) is 10.2 Å². The second-order valence-electron chi connectivity index (χ2n) is 3.91. The van der Waals surface area contributed by atoms with Gasteiger partial charge in [0.25, 0.3) is 5.91 Å². The molecule has 0 heterocycles. The van der Waals surface area contributed by atoms with Crippen molar-refractivity contribution in [3.8, 4) is 0 Å². The highest BCUT2D eigenvalue weighted by Gasteiger charge is 2.10. The maximum atomic E-state index is 12.9. The van der Waals surface area contributed by atoms with E-state index in [2.05, 4.69) is 24.1 Å². The van der Waals surface area contributed by atoms with Crippen molar-refractivity contribution in [1.29, 1.82) is 0 Å². The number of nitrogens with one attached hydrogen (secondary N) is 1. The Kier molecular flexibility index (Phi) is 6.56. The summed E-state index contributed by atoms with van der Waals surface area (Å²) in [6.07, 6.45) is 0. The SMILES string of the molecule is CCN(CC)CCNC(=O)c1ccc(F)cc1I. The minimum absolute atomic E-state index is 0.147. The van der Waals surface area contributed by atoms with Gasteiger partial charge in [0, 0.05) is 16.7 Å². The van der Waals surface area contributed by atoms with Gasteiger partial charge < -0.3 is 10.2 Å². The van der Waals surface area contributed by atoms with Crippen molar-refractivity contribution in [2.24, 2.45) is 0 Å². The number of carbonyl (C=O) groups is 1. The van der Waals surface area contributed by atoms with Crippen LogP contribution in [0.1, 0.15) is 24.2 Å². The van der Waals surface area contributed by atoms with Gasteiger partial charge in [-0.2, -0.15) is 0 Å². The van der Waals surface area contributed by atoms with Crippen LogP contribution in [0.15, 0.2) is 18.2 Å². The summed E-state index contributed by atoms with van der Waals surface area (Å²) in [5.41, 5.74) is 0.525. The molecule has 5 heteroatoms. The van der Waals surface area contributed by atoms with E-state index in [0.29, 0.717) is 15.7 Å². The molecule has 1 N–H and O–H groups in total. The first-order valence-corrected chi connectivity index (χ1v) is 7.12. The van der Waals surface area contributed by atoms with Gasteiger partial charge in [0.05, 0.1) is 5.56 Å². The van der Waals surface area contributed by atoms with Crippen LogP contribution in [0.5, 0.6) is 0 Å². The summed E-state index contributed by atoms with van der Waals surface area (Å²) in [6.45, 7) is 7.56. The van der Waals surface area contributed by atoms with Crippen molar-refractivity contribution in [3.05, 3.63) is 33.1 Å². The van der Waals surface area contributed by atoms with Crippen molar-refractivity contribution in [2.45, 2.75) is 13.8 Å². The minimum Gasteiger partial charge on any atom is -0.351 e. The number of carbonyl (C=O) groups excluding carboxylic acids is 1. The maximum absolute atomic E-state index is 12.9. The molecule has 1 aromatic rings. The third-order valence-electron chi connectivity index (χ3n) is 2.78. The van der Waals surface area contributed by atoms with Crippen molar-refractivity contribution < 1.29 is 9.18 Å². The van der Waals surface area contributed by atoms with E-state index < -0.39 is 0 Å². The predicted molar refractivity (Wildman–Crippen MR) is 79.2 cm³/mol. The van der Waals surface area contributed by atoms with E-state index in [1.165, 1.54) is 18.2 Å². The Morgan fingerprint density at radius 2 is 2.06 bits per heavy atom. The number of benzene rings is 1. The largest absolute Gasteiger partial charge is 0.351 e. The standard InChI is InChI=1S/C13H18FIN2O/c1-3-17(4-2)8-7-16-13(18)11-6-5-10(14)9-12(11)15/h5-6,9H,3-4,7-8H2,1-2H3,(H,16,18). The zero-order chi connectivity index (χ0) is 13.5. The highest BCUT2D eigenvalue weighted by Crippen LogP contribution is 2.13. The van der Waals surface area contributed by atoms with Crippen LogP contribution in [0.25, 0.3) is 0 Å². The van der Waals surface area contributed by atoms with Crippen LogP contribution in [0.2, 0.25) is 0 Å². The van der Waals surface area contributed by atoms with E-state index in [0.717, 1.165) is 19.6 Å². The van der Waals surface area contributed by atoms with E-state index in [1.54, 1.807) is 0 Å². The number of amides is 1. The van der Waals surface area contributed by atoms with Crippen molar-refractivity contribution in [3.63, 3.8) is 0 Å². The zero-order valence-corrected chi connectivity index (χ0v) is 12.8. The van der Waals surface area contributed by atoms with Crippen LogP contribution >= 0.6 is 22.6 Å². The third kappa shape index (κ3) is 4.53. The van der Waals surface area contributed by atoms with Crippen molar-refractivity contribution >= 4 is 28.5 Å². The Morgan fingerprint density at radius 1 is 1.39 bits per heavy atom. The molecule has 0 spiro atoms. The molecule has 0 aliphatic rings. The average Bonchev–Trinajstić information content (AvgIpc) is 2.34. The fourth-order valence-electron chi connectivity index (χ4n) is 1.64. The maximum Gasteiger partial charge on any atom is 0.252 e. The van der Waals surface area contributed by atoms with Gasteiger partial charge >= 0.3 is 0 Å². The third-order valence-corrected chi connectivity index (χ3v) is 3.68. The summed E-state index contributed by atoms with van der Waals surface area (Å²) >= 11 is 1.97. The lowest BCUT2D eigenvalue weighted by atomic mass is 10.2. The summed E-state index contributed by atoms with van der Waals surface area (Å²) < 4.78 is 13.5. The Bertz CT molecular complexity index is 408. The fraction of sp³-hybridized carbons (Fsp3) is 0.462.